The highest BCUT2D eigenvalue weighted by Crippen LogP contribution is 2.17. The fourth-order valence-corrected chi connectivity index (χ4v) is 3.03. The maximum absolute atomic E-state index is 12.1. The highest BCUT2D eigenvalue weighted by Gasteiger charge is 2.29. The van der Waals surface area contributed by atoms with E-state index in [2.05, 4.69) is 10.2 Å². The summed E-state index contributed by atoms with van der Waals surface area (Å²) in [6.07, 6.45) is 3.29. The van der Waals surface area contributed by atoms with E-state index >= 15 is 0 Å². The van der Waals surface area contributed by atoms with Gasteiger partial charge in [0, 0.05) is 19.5 Å². The number of likely N-dealkylation sites (tertiary alicyclic amines) is 2. The summed E-state index contributed by atoms with van der Waals surface area (Å²) in [6, 6.07) is 0. The summed E-state index contributed by atoms with van der Waals surface area (Å²) in [5.74, 6) is -0.654. The molecule has 0 bridgehead atoms. The van der Waals surface area contributed by atoms with E-state index < -0.39 is 5.97 Å². The Bertz CT molecular complexity index is 413. The number of hydrogen-bond acceptors (Lipinski definition) is 5. The van der Waals surface area contributed by atoms with E-state index in [1.807, 2.05) is 0 Å². The lowest BCUT2D eigenvalue weighted by molar-refractivity contribution is -0.142. The molecule has 2 amide bonds. The number of piperidine rings is 1. The van der Waals surface area contributed by atoms with Crippen LogP contribution in [0.25, 0.3) is 0 Å². The number of imide groups is 1. The maximum atomic E-state index is 12.1. The molecule has 118 valence electrons. The van der Waals surface area contributed by atoms with Gasteiger partial charge in [0.25, 0.3) is 0 Å². The molecule has 2 rings (SSSR count). The molecule has 0 aromatic rings. The molecular weight excluding hydrogens is 274 g/mol. The van der Waals surface area contributed by atoms with Gasteiger partial charge in [-0.25, -0.2) is 0 Å². The van der Waals surface area contributed by atoms with Gasteiger partial charge in [0.05, 0.1) is 13.1 Å². The van der Waals surface area contributed by atoms with E-state index in [9.17, 15) is 14.4 Å². The number of rotatable bonds is 6. The molecule has 2 fully saturated rings. The SMILES string of the molecule is O=C(O)CNCC1CCCN(CC(=O)N2CCCC2=O)C1. The van der Waals surface area contributed by atoms with Crippen molar-refractivity contribution in [1.82, 2.24) is 15.1 Å². The van der Waals surface area contributed by atoms with E-state index in [-0.39, 0.29) is 18.4 Å². The standard InChI is InChI=1S/C14H23N3O4/c18-12-4-2-6-17(12)13(19)10-16-5-1-3-11(9-16)7-15-8-14(20)21/h11,15H,1-10H2,(H,20,21). The van der Waals surface area contributed by atoms with Crippen molar-refractivity contribution >= 4 is 17.8 Å². The third-order valence-corrected chi connectivity index (χ3v) is 4.05. The molecule has 2 saturated heterocycles. The molecule has 0 aromatic carbocycles. The average molecular weight is 297 g/mol. The maximum Gasteiger partial charge on any atom is 0.317 e. The van der Waals surface area contributed by atoms with Crippen LogP contribution in [0.15, 0.2) is 0 Å². The molecule has 2 heterocycles. The first kappa shape index (κ1) is 15.9. The highest BCUT2D eigenvalue weighted by molar-refractivity contribution is 5.97. The fraction of sp³-hybridized carbons (Fsp3) is 0.786. The van der Waals surface area contributed by atoms with Crippen LogP contribution in [0.4, 0.5) is 0 Å². The minimum absolute atomic E-state index is 0.0300. The number of carbonyl (C=O) groups excluding carboxylic acids is 2. The summed E-state index contributed by atoms with van der Waals surface area (Å²) in [5, 5.41) is 11.5. The van der Waals surface area contributed by atoms with Gasteiger partial charge in [-0.3, -0.25) is 24.2 Å². The first-order valence-corrected chi connectivity index (χ1v) is 7.54. The van der Waals surface area contributed by atoms with E-state index in [1.165, 1.54) is 4.90 Å². The Labute approximate surface area is 124 Å². The number of carbonyl (C=O) groups is 3. The van der Waals surface area contributed by atoms with Crippen molar-refractivity contribution in [2.75, 3.05) is 39.3 Å². The largest absolute Gasteiger partial charge is 0.480 e. The van der Waals surface area contributed by atoms with Crippen LogP contribution in [0.2, 0.25) is 0 Å². The Morgan fingerprint density at radius 2 is 2.10 bits per heavy atom. The quantitative estimate of drug-likeness (QED) is 0.688. The van der Waals surface area contributed by atoms with Gasteiger partial charge in [0.2, 0.25) is 11.8 Å². The van der Waals surface area contributed by atoms with E-state index in [1.54, 1.807) is 0 Å². The molecule has 7 heteroatoms. The summed E-state index contributed by atoms with van der Waals surface area (Å²) < 4.78 is 0. The molecule has 1 atom stereocenters. The lowest BCUT2D eigenvalue weighted by Gasteiger charge is -2.33. The normalized spacial score (nSPS) is 23.5. The predicted molar refractivity (Wildman–Crippen MR) is 75.6 cm³/mol. The molecule has 0 aliphatic carbocycles. The first-order chi connectivity index (χ1) is 10.1. The van der Waals surface area contributed by atoms with Crippen molar-refractivity contribution < 1.29 is 19.5 Å². The van der Waals surface area contributed by atoms with E-state index in [4.69, 9.17) is 5.11 Å². The van der Waals surface area contributed by atoms with Crippen LogP contribution in [0, 0.1) is 5.92 Å². The van der Waals surface area contributed by atoms with Crippen molar-refractivity contribution in [3.8, 4) is 0 Å². The third-order valence-electron chi connectivity index (χ3n) is 4.05. The third kappa shape index (κ3) is 4.78. The Hall–Kier alpha value is -1.47. The molecule has 2 N–H and O–H groups in total. The number of nitrogens with one attached hydrogen (secondary N) is 1. The fourth-order valence-electron chi connectivity index (χ4n) is 3.03. The number of aliphatic carboxylic acids is 1. The Morgan fingerprint density at radius 1 is 1.29 bits per heavy atom. The van der Waals surface area contributed by atoms with Gasteiger partial charge >= 0.3 is 5.97 Å². The second kappa shape index (κ2) is 7.51. The highest BCUT2D eigenvalue weighted by atomic mass is 16.4. The van der Waals surface area contributed by atoms with Crippen LogP contribution >= 0.6 is 0 Å². The average Bonchev–Trinajstić information content (AvgIpc) is 2.85. The zero-order valence-corrected chi connectivity index (χ0v) is 12.2. The van der Waals surface area contributed by atoms with Crippen molar-refractivity contribution in [3.05, 3.63) is 0 Å². The molecular formula is C14H23N3O4. The number of nitrogens with zero attached hydrogens (tertiary/aromatic N) is 2. The van der Waals surface area contributed by atoms with Crippen LogP contribution in [0.1, 0.15) is 25.7 Å². The molecule has 1 unspecified atom stereocenters. The Balaban J connectivity index is 1.74. The second-order valence-corrected chi connectivity index (χ2v) is 5.81. The van der Waals surface area contributed by atoms with Gasteiger partial charge in [-0.1, -0.05) is 0 Å². The van der Waals surface area contributed by atoms with E-state index in [0.717, 1.165) is 32.4 Å². The Morgan fingerprint density at radius 3 is 2.76 bits per heavy atom. The van der Waals surface area contributed by atoms with Gasteiger partial charge in [0.15, 0.2) is 0 Å². The number of carboxylic acid groups (broad SMARTS) is 1. The van der Waals surface area contributed by atoms with Crippen molar-refractivity contribution in [2.24, 2.45) is 5.92 Å². The minimum atomic E-state index is -0.856. The smallest absolute Gasteiger partial charge is 0.317 e. The van der Waals surface area contributed by atoms with Gasteiger partial charge < -0.3 is 10.4 Å². The molecule has 0 spiro atoms. The minimum Gasteiger partial charge on any atom is -0.480 e. The van der Waals surface area contributed by atoms with Crippen LogP contribution in [-0.4, -0.2) is 72.0 Å². The van der Waals surface area contributed by atoms with Gasteiger partial charge in [0.1, 0.15) is 0 Å². The molecule has 2 aliphatic heterocycles. The summed E-state index contributed by atoms with van der Waals surface area (Å²) in [5.41, 5.74) is 0. The lowest BCUT2D eigenvalue weighted by Crippen LogP contribution is -2.46. The zero-order valence-electron chi connectivity index (χ0n) is 12.2. The van der Waals surface area contributed by atoms with Crippen LogP contribution in [-0.2, 0) is 14.4 Å². The van der Waals surface area contributed by atoms with Crippen LogP contribution in [0.3, 0.4) is 0 Å². The lowest BCUT2D eigenvalue weighted by atomic mass is 9.98. The van der Waals surface area contributed by atoms with Crippen molar-refractivity contribution in [3.63, 3.8) is 0 Å². The predicted octanol–water partition coefficient (Wildman–Crippen LogP) is -0.478. The monoisotopic (exact) mass is 297 g/mol. The van der Waals surface area contributed by atoms with E-state index in [0.29, 0.717) is 32.0 Å². The molecule has 21 heavy (non-hydrogen) atoms. The number of hydrogen-bond donors (Lipinski definition) is 2. The van der Waals surface area contributed by atoms with Crippen molar-refractivity contribution in [2.45, 2.75) is 25.7 Å². The molecule has 0 aromatic heterocycles. The molecule has 7 nitrogen and oxygen atoms in total. The topological polar surface area (TPSA) is 89.9 Å². The number of carboxylic acids is 1. The van der Waals surface area contributed by atoms with Crippen LogP contribution in [0.5, 0.6) is 0 Å². The summed E-state index contributed by atoms with van der Waals surface area (Å²) >= 11 is 0. The van der Waals surface area contributed by atoms with Crippen LogP contribution < -0.4 is 5.32 Å². The number of amides is 2. The molecule has 0 saturated carbocycles. The summed E-state index contributed by atoms with van der Waals surface area (Å²) in [6.45, 7) is 3.11. The van der Waals surface area contributed by atoms with Crippen molar-refractivity contribution in [1.29, 1.82) is 0 Å². The van der Waals surface area contributed by atoms with Gasteiger partial charge in [-0.15, -0.1) is 0 Å². The molecule has 0 radical (unpaired) electrons. The molecule has 2 aliphatic rings. The first-order valence-electron chi connectivity index (χ1n) is 7.54. The summed E-state index contributed by atoms with van der Waals surface area (Å²) in [4.78, 5) is 37.6. The zero-order chi connectivity index (χ0) is 15.2. The van der Waals surface area contributed by atoms with Gasteiger partial charge in [-0.2, -0.15) is 0 Å². The Kier molecular flexibility index (Phi) is 5.69. The van der Waals surface area contributed by atoms with Gasteiger partial charge in [-0.05, 0) is 38.3 Å². The summed E-state index contributed by atoms with van der Waals surface area (Å²) in [7, 11) is 0. The second-order valence-electron chi connectivity index (χ2n) is 5.81.